The highest BCUT2D eigenvalue weighted by Gasteiger charge is 2.33. The van der Waals surface area contributed by atoms with Crippen LogP contribution in [0.1, 0.15) is 12.0 Å². The van der Waals surface area contributed by atoms with Crippen molar-refractivity contribution in [1.82, 2.24) is 4.90 Å². The van der Waals surface area contributed by atoms with Crippen LogP contribution < -0.4 is 4.74 Å². The molecule has 0 aliphatic carbocycles. The summed E-state index contributed by atoms with van der Waals surface area (Å²) in [6.07, 6.45) is 0.666. The maximum absolute atomic E-state index is 9.40. The number of nitrogens with zero attached hydrogens (tertiary/aromatic N) is 2. The zero-order chi connectivity index (χ0) is 15.1. The van der Waals surface area contributed by atoms with Gasteiger partial charge in [-0.15, -0.1) is 11.3 Å². The molecule has 0 atom stereocenters. The third-order valence-corrected chi connectivity index (χ3v) is 6.04. The molecule has 0 fully saturated rings. The van der Waals surface area contributed by atoms with Gasteiger partial charge in [-0.2, -0.15) is 0 Å². The van der Waals surface area contributed by atoms with Crippen LogP contribution in [0.2, 0.25) is 0 Å². The molecule has 0 amide bonds. The average molecular weight is 332 g/mol. The summed E-state index contributed by atoms with van der Waals surface area (Å²) in [4.78, 5) is 8.05. The maximum Gasteiger partial charge on any atom is 0.168 e. The summed E-state index contributed by atoms with van der Waals surface area (Å²) in [5.74, 6) is 0.867. The molecule has 2 aliphatic heterocycles. The van der Waals surface area contributed by atoms with Crippen molar-refractivity contribution < 1.29 is 9.84 Å². The van der Waals surface area contributed by atoms with Gasteiger partial charge in [-0.1, -0.05) is 11.8 Å². The molecule has 0 unspecified atom stereocenters. The summed E-state index contributed by atoms with van der Waals surface area (Å²) in [6.45, 7) is 1.91. The number of benzene rings is 1. The Kier molecular flexibility index (Phi) is 3.60. The summed E-state index contributed by atoms with van der Waals surface area (Å²) in [5.41, 5.74) is 2.38. The number of fused-ring (bicyclic) bond motifs is 2. The van der Waals surface area contributed by atoms with Gasteiger partial charge in [0.1, 0.15) is 5.75 Å². The molecule has 1 aromatic carbocycles. The Morgan fingerprint density at radius 1 is 1.41 bits per heavy atom. The van der Waals surface area contributed by atoms with Crippen molar-refractivity contribution in [3.8, 4) is 5.75 Å². The Bertz CT molecular complexity index is 795. The van der Waals surface area contributed by atoms with Crippen molar-refractivity contribution in [2.24, 2.45) is 4.99 Å². The number of thiophene rings is 1. The van der Waals surface area contributed by atoms with Gasteiger partial charge in [0, 0.05) is 34.7 Å². The van der Waals surface area contributed by atoms with Crippen LogP contribution >= 0.6 is 23.1 Å². The number of rotatable bonds is 4. The summed E-state index contributed by atoms with van der Waals surface area (Å²) < 4.78 is 6.74. The smallest absolute Gasteiger partial charge is 0.168 e. The maximum atomic E-state index is 9.40. The number of aliphatic imine (C=N–C) groups is 1. The number of thioether (sulfide) groups is 1. The number of amidine groups is 1. The lowest BCUT2D eigenvalue weighted by molar-refractivity contribution is 0.301. The van der Waals surface area contributed by atoms with Crippen molar-refractivity contribution in [1.29, 1.82) is 0 Å². The Balaban J connectivity index is 1.93. The predicted octanol–water partition coefficient (Wildman–Crippen LogP) is 3.38. The molecular formula is C16H16N2O2S2. The molecule has 6 heteroatoms. The first kappa shape index (κ1) is 14.1. The van der Waals surface area contributed by atoms with E-state index in [2.05, 4.69) is 33.5 Å². The number of methoxy groups -OCH3 is 1. The molecule has 4 nitrogen and oxygen atoms in total. The van der Waals surface area contributed by atoms with Crippen molar-refractivity contribution in [3.05, 3.63) is 34.0 Å². The van der Waals surface area contributed by atoms with Gasteiger partial charge < -0.3 is 14.7 Å². The summed E-state index contributed by atoms with van der Waals surface area (Å²) >= 11 is 3.44. The number of hydrogen-bond donors (Lipinski definition) is 1. The molecule has 22 heavy (non-hydrogen) atoms. The van der Waals surface area contributed by atoms with E-state index in [1.54, 1.807) is 30.2 Å². The first-order valence-corrected chi connectivity index (χ1v) is 8.91. The van der Waals surface area contributed by atoms with E-state index in [4.69, 9.17) is 4.74 Å². The Labute approximate surface area is 137 Å². The molecule has 114 valence electrons. The third-order valence-electron chi connectivity index (χ3n) is 3.90. The van der Waals surface area contributed by atoms with E-state index >= 15 is 0 Å². The fourth-order valence-electron chi connectivity index (χ4n) is 2.95. The normalized spacial score (nSPS) is 17.4. The molecule has 1 N–H and O–H groups in total. The van der Waals surface area contributed by atoms with Crippen molar-refractivity contribution >= 4 is 44.0 Å². The molecule has 0 radical (unpaired) electrons. The second-order valence-electron chi connectivity index (χ2n) is 5.18. The second kappa shape index (κ2) is 5.61. The molecular weight excluding hydrogens is 316 g/mol. The average Bonchev–Trinajstić information content (AvgIpc) is 3.21. The molecule has 2 aromatic rings. The van der Waals surface area contributed by atoms with E-state index < -0.39 is 0 Å². The summed E-state index contributed by atoms with van der Waals surface area (Å²) in [6, 6.07) is 6.30. The number of aliphatic hydroxyl groups excluding tert-OH is 1. The molecule has 4 rings (SSSR count). The van der Waals surface area contributed by atoms with E-state index in [-0.39, 0.29) is 6.61 Å². The quantitative estimate of drug-likeness (QED) is 0.932. The molecule has 3 heterocycles. The highest BCUT2D eigenvalue weighted by atomic mass is 32.2. The van der Waals surface area contributed by atoms with E-state index in [9.17, 15) is 5.11 Å². The SMILES string of the molecule is COc1cc(C2=C(CCO)SC3=NCCN32)c2sccc2c1. The van der Waals surface area contributed by atoms with Gasteiger partial charge in [0.05, 0.1) is 19.4 Å². The fourth-order valence-corrected chi connectivity index (χ4v) is 5.02. The van der Waals surface area contributed by atoms with Gasteiger partial charge in [-0.25, -0.2) is 0 Å². The largest absolute Gasteiger partial charge is 0.497 e. The first-order chi connectivity index (χ1) is 10.8. The van der Waals surface area contributed by atoms with Gasteiger partial charge in [0.25, 0.3) is 0 Å². The van der Waals surface area contributed by atoms with Crippen molar-refractivity contribution in [3.63, 3.8) is 0 Å². The zero-order valence-electron chi connectivity index (χ0n) is 12.2. The van der Waals surface area contributed by atoms with Gasteiger partial charge in [0.15, 0.2) is 5.17 Å². The second-order valence-corrected chi connectivity index (χ2v) is 7.16. The lowest BCUT2D eigenvalue weighted by Gasteiger charge is -2.19. The first-order valence-electron chi connectivity index (χ1n) is 7.21. The number of aliphatic hydroxyl groups is 1. The third kappa shape index (κ3) is 2.14. The Morgan fingerprint density at radius 3 is 3.14 bits per heavy atom. The van der Waals surface area contributed by atoms with Crippen LogP contribution in [0.4, 0.5) is 0 Å². The van der Waals surface area contributed by atoms with Crippen LogP contribution in [0, 0.1) is 0 Å². The van der Waals surface area contributed by atoms with E-state index in [0.717, 1.165) is 24.0 Å². The van der Waals surface area contributed by atoms with E-state index in [0.29, 0.717) is 6.42 Å². The lowest BCUT2D eigenvalue weighted by atomic mass is 10.1. The fraction of sp³-hybridized carbons (Fsp3) is 0.312. The highest BCUT2D eigenvalue weighted by molar-refractivity contribution is 8.17. The monoisotopic (exact) mass is 332 g/mol. The van der Waals surface area contributed by atoms with Gasteiger partial charge >= 0.3 is 0 Å². The minimum atomic E-state index is 0.157. The zero-order valence-corrected chi connectivity index (χ0v) is 13.8. The van der Waals surface area contributed by atoms with Crippen LogP contribution in [-0.4, -0.2) is 42.0 Å². The molecule has 1 aromatic heterocycles. The van der Waals surface area contributed by atoms with Gasteiger partial charge in [-0.3, -0.25) is 4.99 Å². The molecule has 2 aliphatic rings. The highest BCUT2D eigenvalue weighted by Crippen LogP contribution is 2.46. The molecule has 0 saturated heterocycles. The van der Waals surface area contributed by atoms with E-state index in [1.165, 1.54) is 26.3 Å². The summed E-state index contributed by atoms with van der Waals surface area (Å²) in [5, 5.41) is 13.8. The Morgan fingerprint density at radius 2 is 2.32 bits per heavy atom. The number of hydrogen-bond acceptors (Lipinski definition) is 6. The minimum absolute atomic E-state index is 0.157. The van der Waals surface area contributed by atoms with Crippen LogP contribution in [0.25, 0.3) is 15.8 Å². The minimum Gasteiger partial charge on any atom is -0.497 e. The van der Waals surface area contributed by atoms with Crippen molar-refractivity contribution in [2.45, 2.75) is 6.42 Å². The van der Waals surface area contributed by atoms with Gasteiger partial charge in [-0.05, 0) is 29.0 Å². The van der Waals surface area contributed by atoms with Gasteiger partial charge in [0.2, 0.25) is 0 Å². The summed E-state index contributed by atoms with van der Waals surface area (Å²) in [7, 11) is 1.70. The molecule has 0 saturated carbocycles. The van der Waals surface area contributed by atoms with Crippen LogP contribution in [0.3, 0.4) is 0 Å². The topological polar surface area (TPSA) is 45.1 Å². The lowest BCUT2D eigenvalue weighted by Crippen LogP contribution is -2.20. The molecule has 0 spiro atoms. The standard InChI is InChI=1S/C16H16N2O2S2/c1-20-11-8-10-3-7-21-15(10)12(9-11)14-13(2-6-19)22-16-17-4-5-18(14)16/h3,7-9,19H,2,4-6H2,1H3. The van der Waals surface area contributed by atoms with Crippen LogP contribution in [0.15, 0.2) is 33.5 Å². The molecule has 0 bridgehead atoms. The number of ether oxygens (including phenoxy) is 1. The van der Waals surface area contributed by atoms with E-state index in [1.807, 2.05) is 0 Å². The predicted molar refractivity (Wildman–Crippen MR) is 93.6 cm³/mol. The Hall–Kier alpha value is -1.50. The van der Waals surface area contributed by atoms with Crippen LogP contribution in [-0.2, 0) is 0 Å². The van der Waals surface area contributed by atoms with Crippen molar-refractivity contribution in [2.75, 3.05) is 26.8 Å². The van der Waals surface area contributed by atoms with Crippen LogP contribution in [0.5, 0.6) is 5.75 Å².